The largest absolute Gasteiger partial charge is 0.462 e. The van der Waals surface area contributed by atoms with E-state index < -0.39 is 0 Å². The summed E-state index contributed by atoms with van der Waals surface area (Å²) >= 11 is 0. The van der Waals surface area contributed by atoms with Crippen molar-refractivity contribution in [2.45, 2.75) is 130 Å². The Morgan fingerprint density at radius 2 is 1.70 bits per heavy atom. The summed E-state index contributed by atoms with van der Waals surface area (Å²) in [5, 5.41) is 3.40. The van der Waals surface area contributed by atoms with Crippen molar-refractivity contribution in [3.05, 3.63) is 11.6 Å². The van der Waals surface area contributed by atoms with Gasteiger partial charge in [0.05, 0.1) is 0 Å². The van der Waals surface area contributed by atoms with Gasteiger partial charge in [-0.2, -0.15) is 0 Å². The standard InChI is InChI=1S/C36H64N4O3/c1-4-27-13-15-31-30-14-12-28-26-29(16-18-36(28,3)32(30)17-19-35(27,31)2)43-34(42)11-7-10-33(41)40(25-9-21-38)24-6-5-22-39-23-8-20-37/h12,27,29-32,39H,4-11,13-26,37-38H2,1-3H3. The summed E-state index contributed by atoms with van der Waals surface area (Å²) < 4.78 is 6.03. The summed E-state index contributed by atoms with van der Waals surface area (Å²) in [6, 6.07) is 0. The van der Waals surface area contributed by atoms with Gasteiger partial charge in [0.25, 0.3) is 0 Å². The summed E-state index contributed by atoms with van der Waals surface area (Å²) in [5.41, 5.74) is 13.6. The molecule has 0 spiro atoms. The van der Waals surface area contributed by atoms with Crippen LogP contribution in [0.25, 0.3) is 0 Å². The molecule has 0 aromatic rings. The van der Waals surface area contributed by atoms with Crippen LogP contribution in [0.2, 0.25) is 0 Å². The summed E-state index contributed by atoms with van der Waals surface area (Å²) in [7, 11) is 0. The number of hydrogen-bond acceptors (Lipinski definition) is 6. The van der Waals surface area contributed by atoms with Crippen LogP contribution in [-0.4, -0.2) is 62.1 Å². The molecular weight excluding hydrogens is 536 g/mol. The third-order valence-corrected chi connectivity index (χ3v) is 12.4. The average molecular weight is 601 g/mol. The van der Waals surface area contributed by atoms with Crippen LogP contribution >= 0.6 is 0 Å². The molecular formula is C36H64N4O3. The van der Waals surface area contributed by atoms with E-state index in [1.54, 1.807) is 5.57 Å². The van der Waals surface area contributed by atoms with Crippen LogP contribution in [0.4, 0.5) is 0 Å². The lowest BCUT2D eigenvalue weighted by molar-refractivity contribution is -0.151. The normalized spacial score (nSPS) is 33.2. The van der Waals surface area contributed by atoms with Crippen LogP contribution in [0.1, 0.15) is 124 Å². The minimum Gasteiger partial charge on any atom is -0.462 e. The molecule has 4 aliphatic carbocycles. The number of nitrogens with one attached hydrogen (secondary N) is 1. The number of fused-ring (bicyclic) bond motifs is 5. The lowest BCUT2D eigenvalue weighted by Crippen LogP contribution is -2.50. The van der Waals surface area contributed by atoms with Gasteiger partial charge in [0.2, 0.25) is 5.91 Å². The highest BCUT2D eigenvalue weighted by molar-refractivity contribution is 5.77. The van der Waals surface area contributed by atoms with Gasteiger partial charge in [-0.05, 0) is 138 Å². The van der Waals surface area contributed by atoms with Gasteiger partial charge in [-0.1, -0.05) is 38.8 Å². The van der Waals surface area contributed by atoms with E-state index >= 15 is 0 Å². The van der Waals surface area contributed by atoms with Gasteiger partial charge in [0, 0.05) is 32.4 Å². The van der Waals surface area contributed by atoms with Crippen LogP contribution in [0.5, 0.6) is 0 Å². The summed E-state index contributed by atoms with van der Waals surface area (Å²) in [6.07, 6.45) is 18.8. The predicted molar refractivity (Wildman–Crippen MR) is 175 cm³/mol. The Balaban J connectivity index is 1.20. The van der Waals surface area contributed by atoms with Crippen molar-refractivity contribution < 1.29 is 14.3 Å². The van der Waals surface area contributed by atoms with Crippen LogP contribution < -0.4 is 16.8 Å². The molecule has 0 radical (unpaired) electrons. The fourth-order valence-electron chi connectivity index (χ4n) is 9.84. The first kappa shape index (κ1) is 34.4. The first-order valence-electron chi connectivity index (χ1n) is 18.0. The second kappa shape index (κ2) is 16.2. The van der Waals surface area contributed by atoms with Gasteiger partial charge in [-0.25, -0.2) is 0 Å². The first-order valence-corrected chi connectivity index (χ1v) is 18.0. The van der Waals surface area contributed by atoms with Gasteiger partial charge in [-0.15, -0.1) is 0 Å². The smallest absolute Gasteiger partial charge is 0.306 e. The molecule has 7 atom stereocenters. The monoisotopic (exact) mass is 600 g/mol. The third kappa shape index (κ3) is 8.24. The molecule has 1 amide bonds. The van der Waals surface area contributed by atoms with Crippen molar-refractivity contribution in [3.8, 4) is 0 Å². The number of ether oxygens (including phenoxy) is 1. The Morgan fingerprint density at radius 3 is 2.47 bits per heavy atom. The van der Waals surface area contributed by atoms with E-state index in [-0.39, 0.29) is 23.4 Å². The van der Waals surface area contributed by atoms with Gasteiger partial charge in [-0.3, -0.25) is 9.59 Å². The van der Waals surface area contributed by atoms with Crippen molar-refractivity contribution in [1.29, 1.82) is 0 Å². The molecule has 7 unspecified atom stereocenters. The minimum atomic E-state index is -0.141. The number of nitrogens with zero attached hydrogens (tertiary/aromatic N) is 1. The van der Waals surface area contributed by atoms with Crippen molar-refractivity contribution in [3.63, 3.8) is 0 Å². The highest BCUT2D eigenvalue weighted by Gasteiger charge is 2.58. The summed E-state index contributed by atoms with van der Waals surface area (Å²) in [4.78, 5) is 27.7. The lowest BCUT2D eigenvalue weighted by Gasteiger charge is -2.58. The van der Waals surface area contributed by atoms with Gasteiger partial charge < -0.3 is 26.4 Å². The van der Waals surface area contributed by atoms with E-state index in [0.29, 0.717) is 44.3 Å². The molecule has 3 fully saturated rings. The third-order valence-electron chi connectivity index (χ3n) is 12.4. The fourth-order valence-corrected chi connectivity index (χ4v) is 9.84. The molecule has 7 heteroatoms. The number of allylic oxidation sites excluding steroid dienone is 1. The zero-order chi connectivity index (χ0) is 30.9. The molecule has 246 valence electrons. The Morgan fingerprint density at radius 1 is 0.930 bits per heavy atom. The minimum absolute atomic E-state index is 0.0107. The second-order valence-electron chi connectivity index (χ2n) is 14.8. The number of nitrogens with two attached hydrogens (primary N) is 2. The van der Waals surface area contributed by atoms with E-state index in [2.05, 4.69) is 32.2 Å². The molecule has 4 rings (SSSR count). The molecule has 7 nitrogen and oxygen atoms in total. The van der Waals surface area contributed by atoms with E-state index in [1.807, 2.05) is 4.90 Å². The maximum absolute atomic E-state index is 13.0. The second-order valence-corrected chi connectivity index (χ2v) is 14.8. The van der Waals surface area contributed by atoms with Gasteiger partial charge in [0.1, 0.15) is 6.10 Å². The van der Waals surface area contributed by atoms with Crippen molar-refractivity contribution in [2.75, 3.05) is 39.3 Å². The molecule has 0 aliphatic heterocycles. The fraction of sp³-hybridized carbons (Fsp3) is 0.889. The Kier molecular flexibility index (Phi) is 13.0. The molecule has 3 saturated carbocycles. The molecule has 4 aliphatic rings. The van der Waals surface area contributed by atoms with Crippen LogP contribution in [0, 0.1) is 34.5 Å². The number of amides is 1. The first-order chi connectivity index (χ1) is 20.8. The number of unbranched alkanes of at least 4 members (excludes halogenated alkanes) is 1. The van der Waals surface area contributed by atoms with Crippen LogP contribution in [0.15, 0.2) is 11.6 Å². The molecule has 0 aromatic carbocycles. The van der Waals surface area contributed by atoms with Crippen molar-refractivity contribution in [1.82, 2.24) is 10.2 Å². The molecule has 0 heterocycles. The average Bonchev–Trinajstić information content (AvgIpc) is 3.34. The van der Waals surface area contributed by atoms with Gasteiger partial charge >= 0.3 is 5.97 Å². The van der Waals surface area contributed by atoms with Gasteiger partial charge in [0.15, 0.2) is 0 Å². The molecule has 0 bridgehead atoms. The Labute approximate surface area is 262 Å². The highest BCUT2D eigenvalue weighted by Crippen LogP contribution is 2.66. The topological polar surface area (TPSA) is 111 Å². The number of carbonyl (C=O) groups excluding carboxylic acids is 2. The number of rotatable bonds is 17. The maximum atomic E-state index is 13.0. The number of hydrogen-bond donors (Lipinski definition) is 3. The number of esters is 1. The highest BCUT2D eigenvalue weighted by atomic mass is 16.5. The zero-order valence-electron chi connectivity index (χ0n) is 27.8. The van der Waals surface area contributed by atoms with Crippen molar-refractivity contribution in [2.24, 2.45) is 46.0 Å². The number of carbonyl (C=O) groups is 2. The summed E-state index contributed by atoms with van der Waals surface area (Å²) in [5.74, 6) is 3.41. The lowest BCUT2D eigenvalue weighted by atomic mass is 9.47. The molecule has 0 saturated heterocycles. The van der Waals surface area contributed by atoms with Crippen LogP contribution in [-0.2, 0) is 14.3 Å². The molecule has 0 aromatic heterocycles. The molecule has 43 heavy (non-hydrogen) atoms. The maximum Gasteiger partial charge on any atom is 0.306 e. The Hall–Kier alpha value is -1.44. The molecule has 5 N–H and O–H groups in total. The van der Waals surface area contributed by atoms with E-state index in [0.717, 1.165) is 88.3 Å². The quantitative estimate of drug-likeness (QED) is 0.108. The Bertz CT molecular complexity index is 939. The SMILES string of the molecule is CCC1CCC2C3CC=C4CC(OC(=O)CCCC(=O)N(CCCN)CCCCNCCCN)CCC4(C)C3CCC12C. The predicted octanol–water partition coefficient (Wildman–Crippen LogP) is 5.95. The van der Waals surface area contributed by atoms with E-state index in [9.17, 15) is 9.59 Å². The van der Waals surface area contributed by atoms with E-state index in [1.165, 1.54) is 38.5 Å². The van der Waals surface area contributed by atoms with Crippen LogP contribution in [0.3, 0.4) is 0 Å². The van der Waals surface area contributed by atoms with E-state index in [4.69, 9.17) is 16.2 Å². The van der Waals surface area contributed by atoms with Crippen molar-refractivity contribution >= 4 is 11.9 Å². The summed E-state index contributed by atoms with van der Waals surface area (Å²) in [6.45, 7) is 12.2. The zero-order valence-corrected chi connectivity index (χ0v) is 27.8.